The SMILES string of the molecule is CN(C)c1nc(N2CCC(C(N)=O)CC2)nc2ccccc12.Cl. The van der Waals surface area contributed by atoms with Crippen molar-refractivity contribution in [2.24, 2.45) is 11.7 Å². The highest BCUT2D eigenvalue weighted by Crippen LogP contribution is 2.27. The van der Waals surface area contributed by atoms with E-state index in [1.807, 2.05) is 43.3 Å². The van der Waals surface area contributed by atoms with Gasteiger partial charge in [-0.25, -0.2) is 4.98 Å². The molecule has 1 aliphatic heterocycles. The zero-order valence-corrected chi connectivity index (χ0v) is 14.2. The number of piperidine rings is 1. The fraction of sp³-hybridized carbons (Fsp3) is 0.438. The van der Waals surface area contributed by atoms with Crippen LogP contribution in [-0.4, -0.2) is 43.1 Å². The third kappa shape index (κ3) is 3.47. The van der Waals surface area contributed by atoms with Crippen LogP contribution in [-0.2, 0) is 4.79 Å². The Morgan fingerprint density at radius 2 is 1.87 bits per heavy atom. The number of primary amides is 1. The molecule has 124 valence electrons. The number of benzene rings is 1. The molecule has 23 heavy (non-hydrogen) atoms. The molecule has 0 atom stereocenters. The van der Waals surface area contributed by atoms with Crippen molar-refractivity contribution in [1.29, 1.82) is 0 Å². The molecule has 6 nitrogen and oxygen atoms in total. The van der Waals surface area contributed by atoms with Gasteiger partial charge in [-0.15, -0.1) is 12.4 Å². The first-order chi connectivity index (χ1) is 10.6. The summed E-state index contributed by atoms with van der Waals surface area (Å²) in [4.78, 5) is 24.8. The summed E-state index contributed by atoms with van der Waals surface area (Å²) in [7, 11) is 3.97. The molecule has 0 saturated carbocycles. The van der Waals surface area contributed by atoms with Crippen LogP contribution in [0.3, 0.4) is 0 Å². The second kappa shape index (κ2) is 7.00. The Morgan fingerprint density at radius 1 is 1.22 bits per heavy atom. The molecule has 1 fully saturated rings. The Balaban J connectivity index is 0.00000192. The molecule has 0 unspecified atom stereocenters. The van der Waals surface area contributed by atoms with Crippen LogP contribution in [0.2, 0.25) is 0 Å². The minimum Gasteiger partial charge on any atom is -0.369 e. The number of anilines is 2. The van der Waals surface area contributed by atoms with E-state index in [4.69, 9.17) is 10.7 Å². The number of aromatic nitrogens is 2. The lowest BCUT2D eigenvalue weighted by Gasteiger charge is -2.31. The average molecular weight is 336 g/mol. The third-order valence-electron chi connectivity index (χ3n) is 4.18. The van der Waals surface area contributed by atoms with Crippen LogP contribution < -0.4 is 15.5 Å². The van der Waals surface area contributed by atoms with E-state index in [0.717, 1.165) is 48.6 Å². The van der Waals surface area contributed by atoms with E-state index in [1.165, 1.54) is 0 Å². The summed E-state index contributed by atoms with van der Waals surface area (Å²) in [6.07, 6.45) is 1.53. The summed E-state index contributed by atoms with van der Waals surface area (Å²) in [6.45, 7) is 1.53. The first-order valence-corrected chi connectivity index (χ1v) is 7.54. The van der Waals surface area contributed by atoms with Crippen molar-refractivity contribution in [3.8, 4) is 0 Å². The van der Waals surface area contributed by atoms with Crippen LogP contribution in [0, 0.1) is 5.92 Å². The van der Waals surface area contributed by atoms with Gasteiger partial charge in [0.15, 0.2) is 0 Å². The lowest BCUT2D eigenvalue weighted by molar-refractivity contribution is -0.122. The van der Waals surface area contributed by atoms with E-state index in [0.29, 0.717) is 0 Å². The van der Waals surface area contributed by atoms with E-state index in [9.17, 15) is 4.79 Å². The molecule has 1 aromatic heterocycles. The van der Waals surface area contributed by atoms with Gasteiger partial charge in [0.2, 0.25) is 11.9 Å². The number of hydrogen-bond acceptors (Lipinski definition) is 5. The number of amides is 1. The molecular weight excluding hydrogens is 314 g/mol. The van der Waals surface area contributed by atoms with Crippen LogP contribution in [0.5, 0.6) is 0 Å². The molecule has 2 N–H and O–H groups in total. The molecule has 7 heteroatoms. The van der Waals surface area contributed by atoms with Crippen molar-refractivity contribution in [3.63, 3.8) is 0 Å². The van der Waals surface area contributed by atoms with E-state index in [-0.39, 0.29) is 24.2 Å². The summed E-state index contributed by atoms with van der Waals surface area (Å²) < 4.78 is 0. The Hall–Kier alpha value is -2.08. The quantitative estimate of drug-likeness (QED) is 0.926. The Morgan fingerprint density at radius 3 is 2.48 bits per heavy atom. The topological polar surface area (TPSA) is 75.3 Å². The van der Waals surface area contributed by atoms with Gasteiger partial charge in [-0.3, -0.25) is 4.79 Å². The summed E-state index contributed by atoms with van der Waals surface area (Å²) in [5.74, 6) is 1.42. The van der Waals surface area contributed by atoms with E-state index in [1.54, 1.807) is 0 Å². The fourth-order valence-corrected chi connectivity index (χ4v) is 2.89. The highest BCUT2D eigenvalue weighted by atomic mass is 35.5. The van der Waals surface area contributed by atoms with Crippen molar-refractivity contribution >= 4 is 41.0 Å². The number of halogens is 1. The first kappa shape index (κ1) is 17.3. The molecule has 0 radical (unpaired) electrons. The zero-order valence-electron chi connectivity index (χ0n) is 13.4. The van der Waals surface area contributed by atoms with Gasteiger partial charge in [0.1, 0.15) is 5.82 Å². The normalized spacial score (nSPS) is 15.3. The number of para-hydroxylation sites is 1. The van der Waals surface area contributed by atoms with Crippen molar-refractivity contribution in [2.75, 3.05) is 37.0 Å². The molecule has 2 aromatic rings. The largest absolute Gasteiger partial charge is 0.369 e. The highest BCUT2D eigenvalue weighted by molar-refractivity contribution is 5.90. The van der Waals surface area contributed by atoms with Gasteiger partial charge in [-0.1, -0.05) is 12.1 Å². The maximum atomic E-state index is 11.3. The summed E-state index contributed by atoms with van der Waals surface area (Å²) in [5, 5.41) is 1.04. The summed E-state index contributed by atoms with van der Waals surface area (Å²) in [5.41, 5.74) is 6.33. The van der Waals surface area contributed by atoms with Gasteiger partial charge < -0.3 is 15.5 Å². The number of carbonyl (C=O) groups is 1. The number of carbonyl (C=O) groups excluding carboxylic acids is 1. The van der Waals surface area contributed by atoms with Crippen molar-refractivity contribution in [1.82, 2.24) is 9.97 Å². The molecule has 2 heterocycles. The number of nitrogens with two attached hydrogens (primary N) is 1. The number of hydrogen-bond donors (Lipinski definition) is 1. The van der Waals surface area contributed by atoms with Gasteiger partial charge in [-0.05, 0) is 25.0 Å². The van der Waals surface area contributed by atoms with Gasteiger partial charge in [0.25, 0.3) is 0 Å². The maximum Gasteiger partial charge on any atom is 0.227 e. The molecule has 0 spiro atoms. The summed E-state index contributed by atoms with van der Waals surface area (Å²) in [6, 6.07) is 8.02. The summed E-state index contributed by atoms with van der Waals surface area (Å²) >= 11 is 0. The van der Waals surface area contributed by atoms with E-state index < -0.39 is 0 Å². The van der Waals surface area contributed by atoms with Crippen molar-refractivity contribution < 1.29 is 4.79 Å². The van der Waals surface area contributed by atoms with Crippen LogP contribution in [0.1, 0.15) is 12.8 Å². The molecule has 1 aliphatic rings. The van der Waals surface area contributed by atoms with Crippen molar-refractivity contribution in [2.45, 2.75) is 12.8 Å². The average Bonchev–Trinajstić information content (AvgIpc) is 2.53. The molecule has 1 aromatic carbocycles. The molecule has 0 aliphatic carbocycles. The minimum absolute atomic E-state index is 0. The number of rotatable bonds is 3. The van der Waals surface area contributed by atoms with Gasteiger partial charge >= 0.3 is 0 Å². The molecule has 3 rings (SSSR count). The second-order valence-corrected chi connectivity index (χ2v) is 5.92. The Labute approximate surface area is 142 Å². The third-order valence-corrected chi connectivity index (χ3v) is 4.18. The van der Waals surface area contributed by atoms with Gasteiger partial charge in [0.05, 0.1) is 5.52 Å². The predicted octanol–water partition coefficient (Wildman–Crippen LogP) is 1.82. The standard InChI is InChI=1S/C16H21N5O.ClH/c1-20(2)15-12-5-3-4-6-13(12)18-16(19-15)21-9-7-11(8-10-21)14(17)22;/h3-6,11H,7-10H2,1-2H3,(H2,17,22);1H. The highest BCUT2D eigenvalue weighted by Gasteiger charge is 2.25. The fourth-order valence-electron chi connectivity index (χ4n) is 2.89. The predicted molar refractivity (Wildman–Crippen MR) is 95.2 cm³/mol. The minimum atomic E-state index is -0.201. The lowest BCUT2D eigenvalue weighted by atomic mass is 9.96. The van der Waals surface area contributed by atoms with Crippen molar-refractivity contribution in [3.05, 3.63) is 24.3 Å². The molecule has 0 bridgehead atoms. The zero-order chi connectivity index (χ0) is 15.7. The van der Waals surface area contributed by atoms with E-state index in [2.05, 4.69) is 9.88 Å². The van der Waals surface area contributed by atoms with E-state index >= 15 is 0 Å². The van der Waals surface area contributed by atoms with Gasteiger partial charge in [-0.2, -0.15) is 4.98 Å². The van der Waals surface area contributed by atoms with Crippen LogP contribution >= 0.6 is 12.4 Å². The first-order valence-electron chi connectivity index (χ1n) is 7.54. The smallest absolute Gasteiger partial charge is 0.227 e. The monoisotopic (exact) mass is 335 g/mol. The van der Waals surface area contributed by atoms with Crippen LogP contribution in [0.4, 0.5) is 11.8 Å². The lowest BCUT2D eigenvalue weighted by Crippen LogP contribution is -2.39. The molecule has 1 amide bonds. The maximum absolute atomic E-state index is 11.3. The second-order valence-electron chi connectivity index (χ2n) is 5.92. The number of fused-ring (bicyclic) bond motifs is 1. The van der Waals surface area contributed by atoms with Crippen LogP contribution in [0.25, 0.3) is 10.9 Å². The van der Waals surface area contributed by atoms with Gasteiger partial charge in [0, 0.05) is 38.5 Å². The van der Waals surface area contributed by atoms with Crippen LogP contribution in [0.15, 0.2) is 24.3 Å². The molecular formula is C16H22ClN5O. The Bertz CT molecular complexity index is 698. The molecule has 1 saturated heterocycles. The number of nitrogens with zero attached hydrogens (tertiary/aromatic N) is 4. The Kier molecular flexibility index (Phi) is 5.26.